The van der Waals surface area contributed by atoms with Gasteiger partial charge in [0.15, 0.2) is 0 Å². The Morgan fingerprint density at radius 3 is 2.62 bits per heavy atom. The second-order valence-corrected chi connectivity index (χ2v) is 1.65. The van der Waals surface area contributed by atoms with E-state index in [9.17, 15) is 0 Å². The molecule has 1 heterocycles. The van der Waals surface area contributed by atoms with Crippen LogP contribution in [0.3, 0.4) is 0 Å². The Bertz CT molecular complexity index is 170. The highest BCUT2D eigenvalue weighted by atomic mass is 35.5. The monoisotopic (exact) mass is 126 g/mol. The van der Waals surface area contributed by atoms with Gasteiger partial charge in [-0.05, 0) is 0 Å². The van der Waals surface area contributed by atoms with E-state index in [4.69, 9.17) is 18.5 Å². The highest BCUT2D eigenvalue weighted by Crippen LogP contribution is 1.99. The van der Waals surface area contributed by atoms with Gasteiger partial charge in [0.25, 0.3) is 0 Å². The molecule has 8 heavy (non-hydrogen) atoms. The average Bonchev–Trinajstić information content (AvgIpc) is 1.64. The van der Waals surface area contributed by atoms with Crippen molar-refractivity contribution in [2.75, 3.05) is 0 Å². The fraction of sp³-hybridized carbons (Fsp3) is 0. The molecule has 3 heteroatoms. The maximum absolute atomic E-state index is 5.39. The van der Waals surface area contributed by atoms with Gasteiger partial charge in [-0.15, -0.1) is 0 Å². The summed E-state index contributed by atoms with van der Waals surface area (Å²) in [4.78, 5) is 7.32. The fourth-order valence-electron chi connectivity index (χ4n) is 0.356. The van der Waals surface area contributed by atoms with Crippen LogP contribution in [0.25, 0.3) is 0 Å². The van der Waals surface area contributed by atoms with Crippen LogP contribution in [0.15, 0.2) is 12.4 Å². The van der Waals surface area contributed by atoms with E-state index in [0.29, 0.717) is 10.8 Å². The molecule has 0 saturated heterocycles. The normalized spacial score (nSPS) is 9.25. The zero-order valence-electron chi connectivity index (χ0n) is 4.00. The molecule has 0 atom stereocenters. The Morgan fingerprint density at radius 1 is 1.50 bits per heavy atom. The van der Waals surface area contributed by atoms with E-state index in [1.165, 1.54) is 12.4 Å². The summed E-state index contributed by atoms with van der Waals surface area (Å²) in [6, 6.07) is 0. The van der Waals surface area contributed by atoms with Crippen LogP contribution < -0.4 is 0 Å². The van der Waals surface area contributed by atoms with Crippen LogP contribution in [0, 0.1) is 6.92 Å². The van der Waals surface area contributed by atoms with Gasteiger partial charge in [0, 0.05) is 13.1 Å². The van der Waals surface area contributed by atoms with E-state index in [1.54, 1.807) is 0 Å². The molecule has 0 unspecified atom stereocenters. The molecule has 0 aliphatic rings. The first-order valence-electron chi connectivity index (χ1n) is 2.02. The van der Waals surface area contributed by atoms with E-state index in [-0.39, 0.29) is 0 Å². The molecule has 0 N–H and O–H groups in total. The molecular weight excluding hydrogens is 124 g/mol. The van der Waals surface area contributed by atoms with Crippen molar-refractivity contribution in [1.82, 2.24) is 9.97 Å². The van der Waals surface area contributed by atoms with Gasteiger partial charge in [-0.3, -0.25) is 4.98 Å². The van der Waals surface area contributed by atoms with E-state index in [0.717, 1.165) is 0 Å². The van der Waals surface area contributed by atoms with E-state index in [2.05, 4.69) is 9.97 Å². The van der Waals surface area contributed by atoms with Crippen molar-refractivity contribution in [2.45, 2.75) is 0 Å². The van der Waals surface area contributed by atoms with Gasteiger partial charge >= 0.3 is 0 Å². The van der Waals surface area contributed by atoms with Gasteiger partial charge < -0.3 is 0 Å². The number of aromatic nitrogens is 2. The van der Waals surface area contributed by atoms with Crippen LogP contribution in [0.5, 0.6) is 0 Å². The first-order chi connectivity index (χ1) is 3.79. The summed E-state index contributed by atoms with van der Waals surface area (Å²) in [6.45, 7) is 5.20. The highest BCUT2D eigenvalue weighted by Gasteiger charge is 1.86. The summed E-state index contributed by atoms with van der Waals surface area (Å²) in [6.07, 6.45) is 2.86. The molecule has 0 bridgehead atoms. The predicted molar refractivity (Wildman–Crippen MR) is 30.4 cm³/mol. The molecule has 0 spiro atoms. The van der Waals surface area contributed by atoms with Crippen LogP contribution in [-0.4, -0.2) is 9.97 Å². The van der Waals surface area contributed by atoms with Crippen molar-refractivity contribution in [3.8, 4) is 0 Å². The average molecular weight is 127 g/mol. The Balaban J connectivity index is 3.08. The maximum Gasteiger partial charge on any atom is 0.147 e. The Labute approximate surface area is 52.5 Å². The third-order valence-corrected chi connectivity index (χ3v) is 0.806. The first-order valence-corrected chi connectivity index (χ1v) is 2.40. The molecule has 40 valence electrons. The van der Waals surface area contributed by atoms with Crippen molar-refractivity contribution >= 4 is 11.6 Å². The zero-order valence-corrected chi connectivity index (χ0v) is 4.76. The lowest BCUT2D eigenvalue weighted by Gasteiger charge is -1.86. The molecule has 2 radical (unpaired) electrons. The minimum atomic E-state index is 0.324. The first kappa shape index (κ1) is 5.51. The lowest BCUT2D eigenvalue weighted by Crippen LogP contribution is -1.81. The standard InChI is InChI=1S/C5H3ClN2/c1-4-2-7-3-5(6)8-4/h1-3H. The third-order valence-electron chi connectivity index (χ3n) is 0.624. The molecule has 0 aliphatic heterocycles. The third kappa shape index (κ3) is 1.17. The van der Waals surface area contributed by atoms with Crippen LogP contribution in [0.4, 0.5) is 0 Å². The van der Waals surface area contributed by atoms with E-state index in [1.807, 2.05) is 0 Å². The Hall–Kier alpha value is -0.630. The molecule has 0 aliphatic carbocycles. The number of hydrogen-bond donors (Lipinski definition) is 0. The maximum atomic E-state index is 5.39. The summed E-state index contributed by atoms with van der Waals surface area (Å²) in [5.41, 5.74) is 0.345. The summed E-state index contributed by atoms with van der Waals surface area (Å²) in [7, 11) is 0. The van der Waals surface area contributed by atoms with Gasteiger partial charge in [0.2, 0.25) is 0 Å². The molecule has 0 amide bonds. The van der Waals surface area contributed by atoms with Crippen molar-refractivity contribution < 1.29 is 0 Å². The van der Waals surface area contributed by atoms with Crippen molar-refractivity contribution in [2.24, 2.45) is 0 Å². The topological polar surface area (TPSA) is 25.8 Å². The van der Waals surface area contributed by atoms with Crippen LogP contribution in [-0.2, 0) is 0 Å². The summed E-state index contributed by atoms with van der Waals surface area (Å²) in [5.74, 6) is 0. The predicted octanol–water partition coefficient (Wildman–Crippen LogP) is 1.19. The van der Waals surface area contributed by atoms with Crippen LogP contribution in [0.1, 0.15) is 5.69 Å². The quantitative estimate of drug-likeness (QED) is 0.522. The lowest BCUT2D eigenvalue weighted by molar-refractivity contribution is 1.16. The summed E-state index contributed by atoms with van der Waals surface area (Å²) < 4.78 is 0. The fourth-order valence-corrected chi connectivity index (χ4v) is 0.510. The van der Waals surface area contributed by atoms with Crippen LogP contribution >= 0.6 is 11.6 Å². The lowest BCUT2D eigenvalue weighted by atomic mass is 10.5. The van der Waals surface area contributed by atoms with E-state index >= 15 is 0 Å². The number of halogens is 1. The summed E-state index contributed by atoms with van der Waals surface area (Å²) >= 11 is 5.39. The molecule has 0 fully saturated rings. The second-order valence-electron chi connectivity index (χ2n) is 1.27. The number of nitrogens with zero attached hydrogens (tertiary/aromatic N) is 2. The minimum absolute atomic E-state index is 0.324. The molecule has 1 aromatic rings. The summed E-state index contributed by atoms with van der Waals surface area (Å²) in [5, 5.41) is 0.324. The zero-order chi connectivity index (χ0) is 5.98. The Kier molecular flexibility index (Phi) is 1.44. The molecule has 0 aromatic carbocycles. The van der Waals surface area contributed by atoms with Crippen LogP contribution in [0.2, 0.25) is 5.15 Å². The molecule has 0 saturated carbocycles. The van der Waals surface area contributed by atoms with Crippen molar-refractivity contribution in [1.29, 1.82) is 0 Å². The molecule has 1 aromatic heterocycles. The van der Waals surface area contributed by atoms with Crippen molar-refractivity contribution in [3.63, 3.8) is 0 Å². The number of hydrogen-bond acceptors (Lipinski definition) is 2. The molecular formula is C5H3ClN2. The minimum Gasteiger partial charge on any atom is -0.260 e. The van der Waals surface area contributed by atoms with Gasteiger partial charge in [-0.1, -0.05) is 11.6 Å². The Morgan fingerprint density at radius 2 is 2.25 bits per heavy atom. The van der Waals surface area contributed by atoms with Gasteiger partial charge in [-0.2, -0.15) is 0 Å². The molecule has 2 nitrogen and oxygen atoms in total. The van der Waals surface area contributed by atoms with Gasteiger partial charge in [0.05, 0.1) is 11.9 Å². The van der Waals surface area contributed by atoms with Crippen molar-refractivity contribution in [3.05, 3.63) is 30.2 Å². The van der Waals surface area contributed by atoms with E-state index < -0.39 is 0 Å². The molecule has 1 rings (SSSR count). The van der Waals surface area contributed by atoms with Gasteiger partial charge in [-0.25, -0.2) is 4.98 Å². The SMILES string of the molecule is [CH]c1cncc(Cl)n1. The largest absolute Gasteiger partial charge is 0.260 e. The highest BCUT2D eigenvalue weighted by molar-refractivity contribution is 6.29. The number of rotatable bonds is 0. The second kappa shape index (κ2) is 2.09. The van der Waals surface area contributed by atoms with Gasteiger partial charge in [0.1, 0.15) is 5.15 Å². The smallest absolute Gasteiger partial charge is 0.147 e.